The van der Waals surface area contributed by atoms with Crippen LogP contribution in [0.5, 0.6) is 0 Å². The third-order valence-corrected chi connectivity index (χ3v) is 4.15. The maximum Gasteiger partial charge on any atom is 0.276 e. The van der Waals surface area contributed by atoms with E-state index < -0.39 is 0 Å². The Morgan fingerprint density at radius 1 is 1.14 bits per heavy atom. The minimum absolute atomic E-state index is 0.00934. The first kappa shape index (κ1) is 14.7. The highest BCUT2D eigenvalue weighted by molar-refractivity contribution is 5.93. The van der Waals surface area contributed by atoms with Crippen molar-refractivity contribution in [1.82, 2.24) is 24.8 Å². The number of hydrogen-bond acceptors (Lipinski definition) is 4. The Balaban J connectivity index is 1.74. The van der Waals surface area contributed by atoms with E-state index in [9.17, 15) is 4.79 Å². The molecule has 0 aliphatic carbocycles. The van der Waals surface area contributed by atoms with Crippen LogP contribution in [0.15, 0.2) is 30.3 Å². The second-order valence-corrected chi connectivity index (χ2v) is 5.76. The lowest BCUT2D eigenvalue weighted by atomic mass is 10.2. The molecule has 0 radical (unpaired) electrons. The Kier molecular flexibility index (Phi) is 4.20. The van der Waals surface area contributed by atoms with Crippen molar-refractivity contribution in [1.29, 1.82) is 0 Å². The summed E-state index contributed by atoms with van der Waals surface area (Å²) in [7, 11) is 2.07. The third kappa shape index (κ3) is 3.01. The first-order valence-electron chi connectivity index (χ1n) is 7.57. The topological polar surface area (TPSA) is 54.3 Å². The van der Waals surface area contributed by atoms with E-state index in [1.54, 1.807) is 4.68 Å². The molecule has 3 rings (SSSR count). The van der Waals surface area contributed by atoms with E-state index >= 15 is 0 Å². The molecule has 6 nitrogen and oxygen atoms in total. The van der Waals surface area contributed by atoms with Crippen LogP contribution in [0, 0.1) is 6.92 Å². The Morgan fingerprint density at radius 2 is 1.82 bits per heavy atom. The minimum Gasteiger partial charge on any atom is -0.335 e. The second kappa shape index (κ2) is 6.27. The first-order chi connectivity index (χ1) is 10.6. The molecule has 0 spiro atoms. The molecule has 0 saturated carbocycles. The molecule has 0 N–H and O–H groups in total. The molecule has 0 unspecified atom stereocenters. The molecule has 1 aliphatic rings. The van der Waals surface area contributed by atoms with Gasteiger partial charge in [-0.2, -0.15) is 0 Å². The summed E-state index contributed by atoms with van der Waals surface area (Å²) in [4.78, 5) is 16.7. The molecule has 1 aliphatic heterocycles. The van der Waals surface area contributed by atoms with Crippen molar-refractivity contribution < 1.29 is 4.79 Å². The van der Waals surface area contributed by atoms with Gasteiger partial charge >= 0.3 is 0 Å². The normalized spacial score (nSPS) is 16.0. The van der Waals surface area contributed by atoms with Gasteiger partial charge in [-0.1, -0.05) is 35.5 Å². The van der Waals surface area contributed by atoms with Crippen LogP contribution >= 0.6 is 0 Å². The Morgan fingerprint density at radius 3 is 2.50 bits per heavy atom. The number of amides is 1. The van der Waals surface area contributed by atoms with E-state index in [2.05, 4.69) is 22.3 Å². The average Bonchev–Trinajstić information content (AvgIpc) is 2.89. The van der Waals surface area contributed by atoms with Gasteiger partial charge in [-0.25, -0.2) is 4.68 Å². The maximum absolute atomic E-state index is 12.6. The maximum atomic E-state index is 12.6. The molecular weight excluding hydrogens is 278 g/mol. The van der Waals surface area contributed by atoms with E-state index in [1.165, 1.54) is 0 Å². The predicted molar refractivity (Wildman–Crippen MR) is 83.7 cm³/mol. The minimum atomic E-state index is -0.00934. The van der Waals surface area contributed by atoms with Gasteiger partial charge in [0.05, 0.1) is 12.2 Å². The van der Waals surface area contributed by atoms with E-state index in [4.69, 9.17) is 0 Å². The molecule has 1 fully saturated rings. The molecule has 0 bridgehead atoms. The summed E-state index contributed by atoms with van der Waals surface area (Å²) in [5.41, 5.74) is 2.45. The Bertz CT molecular complexity index is 644. The zero-order valence-corrected chi connectivity index (χ0v) is 13.1. The molecule has 22 heavy (non-hydrogen) atoms. The van der Waals surface area contributed by atoms with Gasteiger partial charge in [-0.15, -0.1) is 5.10 Å². The summed E-state index contributed by atoms with van der Waals surface area (Å²) in [6.07, 6.45) is 0. The first-order valence-corrected chi connectivity index (χ1v) is 7.57. The van der Waals surface area contributed by atoms with Crippen molar-refractivity contribution >= 4 is 5.91 Å². The highest BCUT2D eigenvalue weighted by Gasteiger charge is 2.25. The molecular formula is C16H21N5O. The van der Waals surface area contributed by atoms with Gasteiger partial charge in [0.2, 0.25) is 0 Å². The summed E-state index contributed by atoms with van der Waals surface area (Å²) in [6, 6.07) is 10.1. The van der Waals surface area contributed by atoms with Crippen molar-refractivity contribution in [3.8, 4) is 0 Å². The standard InChI is InChI=1S/C16H21N5O/c1-13-15(16(22)20-10-8-19(2)9-11-20)17-18-21(13)12-14-6-4-3-5-7-14/h3-7H,8-12H2,1-2H3. The van der Waals surface area contributed by atoms with Crippen molar-refractivity contribution in [3.05, 3.63) is 47.3 Å². The quantitative estimate of drug-likeness (QED) is 0.849. The van der Waals surface area contributed by atoms with Crippen LogP contribution in [-0.2, 0) is 6.54 Å². The van der Waals surface area contributed by atoms with Crippen molar-refractivity contribution in [2.45, 2.75) is 13.5 Å². The fourth-order valence-corrected chi connectivity index (χ4v) is 2.62. The number of carbonyl (C=O) groups excluding carboxylic acids is 1. The second-order valence-electron chi connectivity index (χ2n) is 5.76. The van der Waals surface area contributed by atoms with Gasteiger partial charge in [0, 0.05) is 26.2 Å². The van der Waals surface area contributed by atoms with E-state index in [1.807, 2.05) is 42.2 Å². The summed E-state index contributed by atoms with van der Waals surface area (Å²) < 4.78 is 1.79. The van der Waals surface area contributed by atoms with Gasteiger partial charge in [0.15, 0.2) is 5.69 Å². The van der Waals surface area contributed by atoms with Crippen LogP contribution in [0.25, 0.3) is 0 Å². The zero-order chi connectivity index (χ0) is 15.5. The van der Waals surface area contributed by atoms with Gasteiger partial charge in [-0.05, 0) is 19.5 Å². The van der Waals surface area contributed by atoms with Crippen molar-refractivity contribution in [2.24, 2.45) is 0 Å². The molecule has 1 amide bonds. The Labute approximate surface area is 130 Å². The van der Waals surface area contributed by atoms with Crippen molar-refractivity contribution in [2.75, 3.05) is 33.2 Å². The molecule has 0 atom stereocenters. The zero-order valence-electron chi connectivity index (χ0n) is 13.1. The number of nitrogens with zero attached hydrogens (tertiary/aromatic N) is 5. The summed E-state index contributed by atoms with van der Waals surface area (Å²) in [5.74, 6) is -0.00934. The van der Waals surface area contributed by atoms with Gasteiger partial charge in [0.1, 0.15) is 0 Å². The average molecular weight is 299 g/mol. The highest BCUT2D eigenvalue weighted by Crippen LogP contribution is 2.11. The summed E-state index contributed by atoms with van der Waals surface area (Å²) >= 11 is 0. The van der Waals surface area contributed by atoms with Crippen LogP contribution in [-0.4, -0.2) is 63.9 Å². The smallest absolute Gasteiger partial charge is 0.276 e. The largest absolute Gasteiger partial charge is 0.335 e. The summed E-state index contributed by atoms with van der Waals surface area (Å²) in [6.45, 7) is 5.86. The lowest BCUT2D eigenvalue weighted by Crippen LogP contribution is -2.47. The van der Waals surface area contributed by atoms with Crippen LogP contribution in [0.1, 0.15) is 21.7 Å². The lowest BCUT2D eigenvalue weighted by molar-refractivity contribution is 0.0657. The fraction of sp³-hybridized carbons (Fsp3) is 0.438. The third-order valence-electron chi connectivity index (χ3n) is 4.15. The van der Waals surface area contributed by atoms with Crippen LogP contribution in [0.3, 0.4) is 0 Å². The van der Waals surface area contributed by atoms with Crippen molar-refractivity contribution in [3.63, 3.8) is 0 Å². The number of piperazine rings is 1. The number of likely N-dealkylation sites (N-methyl/N-ethyl adjacent to an activating group) is 1. The van der Waals surface area contributed by atoms with Gasteiger partial charge in [0.25, 0.3) is 5.91 Å². The molecule has 1 saturated heterocycles. The molecule has 6 heteroatoms. The van der Waals surface area contributed by atoms with Crippen LogP contribution in [0.2, 0.25) is 0 Å². The van der Waals surface area contributed by atoms with Crippen LogP contribution in [0.4, 0.5) is 0 Å². The lowest BCUT2D eigenvalue weighted by Gasteiger charge is -2.31. The molecule has 1 aromatic carbocycles. The molecule has 116 valence electrons. The number of rotatable bonds is 3. The number of aromatic nitrogens is 3. The molecule has 1 aromatic heterocycles. The number of carbonyl (C=O) groups is 1. The van der Waals surface area contributed by atoms with E-state index in [-0.39, 0.29) is 5.91 Å². The predicted octanol–water partition coefficient (Wildman–Crippen LogP) is 1.02. The fourth-order valence-electron chi connectivity index (χ4n) is 2.62. The highest BCUT2D eigenvalue weighted by atomic mass is 16.2. The Hall–Kier alpha value is -2.21. The number of hydrogen-bond donors (Lipinski definition) is 0. The molecule has 2 aromatic rings. The van der Waals surface area contributed by atoms with Gasteiger partial charge < -0.3 is 9.80 Å². The van der Waals surface area contributed by atoms with Crippen LogP contribution < -0.4 is 0 Å². The number of benzene rings is 1. The van der Waals surface area contributed by atoms with E-state index in [0.717, 1.165) is 37.4 Å². The van der Waals surface area contributed by atoms with Gasteiger partial charge in [-0.3, -0.25) is 4.79 Å². The SMILES string of the molecule is Cc1c(C(=O)N2CCN(C)CC2)nnn1Cc1ccccc1. The monoisotopic (exact) mass is 299 g/mol. The molecule has 2 heterocycles. The summed E-state index contributed by atoms with van der Waals surface area (Å²) in [5, 5.41) is 8.26. The van der Waals surface area contributed by atoms with E-state index in [0.29, 0.717) is 12.2 Å².